The fraction of sp³-hybridized carbons (Fsp3) is 0.700. The van der Waals surface area contributed by atoms with Crippen LogP contribution in [0.2, 0.25) is 0 Å². The van der Waals surface area contributed by atoms with Gasteiger partial charge in [-0.05, 0) is 36.7 Å². The maximum atomic E-state index is 10.6. The van der Waals surface area contributed by atoms with Crippen molar-refractivity contribution in [3.05, 3.63) is 11.6 Å². The molecule has 0 aromatic rings. The number of hydrogen-bond acceptors (Lipinski definition) is 2. The monoisotopic (exact) mass is 166 g/mol. The number of allylic oxidation sites excluding steroid dienone is 1. The first-order valence-corrected chi connectivity index (χ1v) is 4.59. The zero-order valence-corrected chi connectivity index (χ0v) is 7.38. The molecule has 0 aliphatic heterocycles. The van der Waals surface area contributed by atoms with Gasteiger partial charge in [-0.25, -0.2) is 0 Å². The number of fused-ring (bicyclic) bond motifs is 2. The van der Waals surface area contributed by atoms with Crippen molar-refractivity contribution in [2.24, 2.45) is 11.8 Å². The Hall–Kier alpha value is -0.790. The lowest BCUT2D eigenvalue weighted by atomic mass is 9.99. The van der Waals surface area contributed by atoms with E-state index < -0.39 is 0 Å². The first-order chi connectivity index (χ1) is 5.75. The molecule has 12 heavy (non-hydrogen) atoms. The van der Waals surface area contributed by atoms with Gasteiger partial charge in [0.25, 0.3) is 0 Å². The highest BCUT2D eigenvalue weighted by atomic mass is 16.5. The molecule has 0 N–H and O–H groups in total. The Morgan fingerprint density at radius 1 is 1.67 bits per heavy atom. The minimum absolute atomic E-state index is 0.168. The second-order valence-corrected chi connectivity index (χ2v) is 3.79. The molecule has 0 aromatic carbocycles. The van der Waals surface area contributed by atoms with Gasteiger partial charge in [-0.15, -0.1) is 0 Å². The summed E-state index contributed by atoms with van der Waals surface area (Å²) in [5.74, 6) is 1.36. The molecule has 2 aliphatic rings. The largest absolute Gasteiger partial charge is 0.461 e. The minimum Gasteiger partial charge on any atom is -0.461 e. The highest BCUT2D eigenvalue weighted by Crippen LogP contribution is 2.43. The van der Waals surface area contributed by atoms with Gasteiger partial charge in [-0.1, -0.05) is 6.08 Å². The topological polar surface area (TPSA) is 26.3 Å². The van der Waals surface area contributed by atoms with Gasteiger partial charge in [0.1, 0.15) is 6.61 Å². The molecular weight excluding hydrogens is 152 g/mol. The van der Waals surface area contributed by atoms with Crippen molar-refractivity contribution in [2.45, 2.75) is 26.2 Å². The molecule has 0 heterocycles. The maximum Gasteiger partial charge on any atom is 0.302 e. The summed E-state index contributed by atoms with van der Waals surface area (Å²) in [5, 5.41) is 0. The first kappa shape index (κ1) is 7.84. The van der Waals surface area contributed by atoms with Crippen molar-refractivity contribution < 1.29 is 9.53 Å². The molecule has 2 aliphatic carbocycles. The van der Waals surface area contributed by atoms with Crippen LogP contribution in [0.3, 0.4) is 0 Å². The van der Waals surface area contributed by atoms with Crippen molar-refractivity contribution in [3.8, 4) is 0 Å². The highest BCUT2D eigenvalue weighted by molar-refractivity contribution is 5.66. The average Bonchev–Trinajstić information content (AvgIpc) is 2.60. The number of rotatable bonds is 2. The smallest absolute Gasteiger partial charge is 0.302 e. The predicted octanol–water partition coefficient (Wildman–Crippen LogP) is 1.91. The molecule has 2 atom stereocenters. The Kier molecular flexibility index (Phi) is 1.91. The Labute approximate surface area is 72.6 Å². The van der Waals surface area contributed by atoms with Gasteiger partial charge in [-0.2, -0.15) is 0 Å². The van der Waals surface area contributed by atoms with Crippen LogP contribution in [-0.2, 0) is 9.53 Å². The zero-order valence-electron chi connectivity index (χ0n) is 7.38. The van der Waals surface area contributed by atoms with Crippen molar-refractivity contribution in [1.29, 1.82) is 0 Å². The van der Waals surface area contributed by atoms with E-state index in [0.29, 0.717) is 6.61 Å². The van der Waals surface area contributed by atoms with Gasteiger partial charge < -0.3 is 4.74 Å². The lowest BCUT2D eigenvalue weighted by Gasteiger charge is -2.12. The van der Waals surface area contributed by atoms with Crippen LogP contribution >= 0.6 is 0 Å². The summed E-state index contributed by atoms with van der Waals surface area (Å²) in [6.07, 6.45) is 6.25. The Bertz CT molecular complexity index is 230. The van der Waals surface area contributed by atoms with Crippen molar-refractivity contribution in [3.63, 3.8) is 0 Å². The molecule has 1 saturated carbocycles. The van der Waals surface area contributed by atoms with Crippen LogP contribution in [0.15, 0.2) is 11.6 Å². The summed E-state index contributed by atoms with van der Waals surface area (Å²) in [7, 11) is 0. The number of esters is 1. The van der Waals surface area contributed by atoms with E-state index in [9.17, 15) is 4.79 Å². The molecule has 2 bridgehead atoms. The van der Waals surface area contributed by atoms with E-state index in [2.05, 4.69) is 6.08 Å². The van der Waals surface area contributed by atoms with E-state index in [-0.39, 0.29) is 5.97 Å². The van der Waals surface area contributed by atoms with Gasteiger partial charge >= 0.3 is 5.97 Å². The number of ether oxygens (including phenoxy) is 1. The fourth-order valence-electron chi connectivity index (χ4n) is 2.29. The van der Waals surface area contributed by atoms with Crippen molar-refractivity contribution in [2.75, 3.05) is 6.61 Å². The Balaban J connectivity index is 1.89. The quantitative estimate of drug-likeness (QED) is 0.462. The standard InChI is InChI=1S/C10H14O2/c1-7(11)12-6-10-5-8-2-3-9(10)4-8/h5,8-9H,2-4,6H2,1H3. The predicted molar refractivity (Wildman–Crippen MR) is 45.5 cm³/mol. The van der Waals surface area contributed by atoms with E-state index in [1.807, 2.05) is 0 Å². The highest BCUT2D eigenvalue weighted by Gasteiger charge is 2.32. The van der Waals surface area contributed by atoms with E-state index in [1.54, 1.807) is 0 Å². The second-order valence-electron chi connectivity index (χ2n) is 3.79. The molecule has 2 heteroatoms. The molecule has 0 amide bonds. The molecule has 2 unspecified atom stereocenters. The van der Waals surface area contributed by atoms with Gasteiger partial charge in [0.15, 0.2) is 0 Å². The zero-order chi connectivity index (χ0) is 8.55. The molecule has 0 spiro atoms. The summed E-state index contributed by atoms with van der Waals surface area (Å²) in [6, 6.07) is 0. The van der Waals surface area contributed by atoms with Crippen LogP contribution in [0.4, 0.5) is 0 Å². The molecule has 0 aromatic heterocycles. The number of carbonyl (C=O) groups is 1. The lowest BCUT2D eigenvalue weighted by Crippen LogP contribution is -2.08. The van der Waals surface area contributed by atoms with E-state index in [0.717, 1.165) is 11.8 Å². The van der Waals surface area contributed by atoms with Gasteiger partial charge in [0.2, 0.25) is 0 Å². The summed E-state index contributed by atoms with van der Waals surface area (Å²) in [5.41, 5.74) is 1.36. The second kappa shape index (κ2) is 2.92. The normalized spacial score (nSPS) is 31.9. The summed E-state index contributed by atoms with van der Waals surface area (Å²) in [4.78, 5) is 10.6. The van der Waals surface area contributed by atoms with Crippen molar-refractivity contribution >= 4 is 5.97 Å². The molecule has 1 fully saturated rings. The van der Waals surface area contributed by atoms with Crippen LogP contribution in [0, 0.1) is 11.8 Å². The van der Waals surface area contributed by atoms with Crippen LogP contribution in [0.25, 0.3) is 0 Å². The summed E-state index contributed by atoms with van der Waals surface area (Å²) >= 11 is 0. The Morgan fingerprint density at radius 2 is 2.50 bits per heavy atom. The number of hydrogen-bond donors (Lipinski definition) is 0. The third-order valence-corrected chi connectivity index (χ3v) is 2.89. The lowest BCUT2D eigenvalue weighted by molar-refractivity contribution is -0.140. The SMILES string of the molecule is CC(=O)OCC1=CC2CCC1C2. The molecule has 0 saturated heterocycles. The average molecular weight is 166 g/mol. The van der Waals surface area contributed by atoms with Gasteiger partial charge in [0, 0.05) is 6.92 Å². The van der Waals surface area contributed by atoms with Gasteiger partial charge in [0.05, 0.1) is 0 Å². The molecule has 2 nitrogen and oxygen atoms in total. The third-order valence-electron chi connectivity index (χ3n) is 2.89. The van der Waals surface area contributed by atoms with Crippen LogP contribution in [0.1, 0.15) is 26.2 Å². The molecule has 0 radical (unpaired) electrons. The molecule has 2 rings (SSSR count). The van der Waals surface area contributed by atoms with Gasteiger partial charge in [-0.3, -0.25) is 4.79 Å². The Morgan fingerprint density at radius 3 is 3.00 bits per heavy atom. The fourth-order valence-corrected chi connectivity index (χ4v) is 2.29. The molecular formula is C10H14O2. The summed E-state index contributed by atoms with van der Waals surface area (Å²) < 4.78 is 4.97. The third kappa shape index (κ3) is 1.38. The summed E-state index contributed by atoms with van der Waals surface area (Å²) in [6.45, 7) is 2.00. The van der Waals surface area contributed by atoms with Crippen LogP contribution < -0.4 is 0 Å². The van der Waals surface area contributed by atoms with Crippen LogP contribution in [-0.4, -0.2) is 12.6 Å². The number of carbonyl (C=O) groups excluding carboxylic acids is 1. The van der Waals surface area contributed by atoms with Crippen LogP contribution in [0.5, 0.6) is 0 Å². The molecule has 66 valence electrons. The van der Waals surface area contributed by atoms with E-state index in [1.165, 1.54) is 31.8 Å². The maximum absolute atomic E-state index is 10.6. The van der Waals surface area contributed by atoms with Crippen molar-refractivity contribution in [1.82, 2.24) is 0 Å². The van der Waals surface area contributed by atoms with E-state index in [4.69, 9.17) is 4.74 Å². The van der Waals surface area contributed by atoms with E-state index >= 15 is 0 Å². The first-order valence-electron chi connectivity index (χ1n) is 4.59. The minimum atomic E-state index is -0.168.